The topological polar surface area (TPSA) is 97.3 Å². The van der Waals surface area contributed by atoms with E-state index in [-0.39, 0.29) is 0 Å². The minimum absolute atomic E-state index is 0.432. The highest BCUT2D eigenvalue weighted by Gasteiger charge is 2.41. The van der Waals surface area contributed by atoms with Crippen molar-refractivity contribution in [3.8, 4) is 17.5 Å². The molecule has 1 spiro atoms. The Morgan fingerprint density at radius 3 is 2.50 bits per heavy atom. The number of hydrogen-bond acceptors (Lipinski definition) is 8. The average Bonchev–Trinajstić information content (AvgIpc) is 3.37. The largest absolute Gasteiger partial charge is 0.356 e. The number of anilines is 1. The van der Waals surface area contributed by atoms with Crippen molar-refractivity contribution >= 4 is 32.7 Å². The van der Waals surface area contributed by atoms with Crippen LogP contribution >= 0.6 is 15.9 Å². The maximum absolute atomic E-state index is 9.68. The number of pyridine rings is 1. The zero-order valence-corrected chi connectivity index (χ0v) is 18.3. The first-order valence-electron chi connectivity index (χ1n) is 9.87. The summed E-state index contributed by atoms with van der Waals surface area (Å²) in [4.78, 5) is 11.6. The third kappa shape index (κ3) is 3.16. The fraction of sp³-hybridized carbons (Fsp3) is 0.429. The SMILES string of the molecule is Cc1noc(-c2c(N3CCC4(CC3)OCCO4)nc3c(C#N)cc(Br)cc3c2C)n1. The molecule has 8 nitrogen and oxygen atoms in total. The van der Waals surface area contributed by atoms with Crippen molar-refractivity contribution in [1.82, 2.24) is 15.1 Å². The van der Waals surface area contributed by atoms with Gasteiger partial charge in [-0.25, -0.2) is 4.98 Å². The molecule has 0 N–H and O–H groups in total. The number of benzene rings is 1. The first kappa shape index (κ1) is 19.4. The van der Waals surface area contributed by atoms with E-state index in [1.807, 2.05) is 13.0 Å². The Balaban J connectivity index is 1.67. The molecule has 2 aliphatic heterocycles. The second-order valence-corrected chi connectivity index (χ2v) is 8.55. The zero-order chi connectivity index (χ0) is 20.9. The van der Waals surface area contributed by atoms with Gasteiger partial charge in [-0.2, -0.15) is 10.2 Å². The molecule has 2 aliphatic rings. The van der Waals surface area contributed by atoms with E-state index in [4.69, 9.17) is 19.0 Å². The average molecular weight is 470 g/mol. The minimum atomic E-state index is -0.480. The highest BCUT2D eigenvalue weighted by Crippen LogP contribution is 2.40. The third-order valence-corrected chi connectivity index (χ3v) is 6.25. The van der Waals surface area contributed by atoms with Gasteiger partial charge in [0.25, 0.3) is 5.89 Å². The number of fused-ring (bicyclic) bond motifs is 1. The lowest BCUT2D eigenvalue weighted by atomic mass is 9.98. The Labute approximate surface area is 181 Å². The lowest BCUT2D eigenvalue weighted by Crippen LogP contribution is -2.45. The van der Waals surface area contributed by atoms with Crippen molar-refractivity contribution in [3.63, 3.8) is 0 Å². The molecule has 5 rings (SSSR count). The molecule has 2 aromatic heterocycles. The van der Waals surface area contributed by atoms with E-state index in [0.717, 1.165) is 52.7 Å². The quantitative estimate of drug-likeness (QED) is 0.557. The monoisotopic (exact) mass is 469 g/mol. The molecular formula is C21H20BrN5O3. The molecule has 4 heterocycles. The van der Waals surface area contributed by atoms with Gasteiger partial charge in [0.1, 0.15) is 11.9 Å². The smallest absolute Gasteiger partial charge is 0.261 e. The van der Waals surface area contributed by atoms with E-state index in [1.165, 1.54) is 0 Å². The fourth-order valence-electron chi connectivity index (χ4n) is 4.28. The van der Waals surface area contributed by atoms with E-state index in [2.05, 4.69) is 37.0 Å². The third-order valence-electron chi connectivity index (χ3n) is 5.80. The second-order valence-electron chi connectivity index (χ2n) is 7.64. The number of halogens is 1. The molecule has 0 amide bonds. The summed E-state index contributed by atoms with van der Waals surface area (Å²) in [6, 6.07) is 6.03. The van der Waals surface area contributed by atoms with Crippen LogP contribution in [0.25, 0.3) is 22.4 Å². The van der Waals surface area contributed by atoms with Crippen LogP contribution in [0, 0.1) is 25.2 Å². The van der Waals surface area contributed by atoms with Crippen molar-refractivity contribution in [3.05, 3.63) is 33.6 Å². The number of nitriles is 1. The van der Waals surface area contributed by atoms with Gasteiger partial charge in [0.2, 0.25) is 0 Å². The molecule has 0 saturated carbocycles. The standard InChI is InChI=1S/C21H20BrN5O3/c1-12-16-10-15(22)9-14(11-23)18(16)25-19(17(12)20-24-13(2)26-30-20)27-5-3-21(4-6-27)28-7-8-29-21/h9-10H,3-8H2,1-2H3. The lowest BCUT2D eigenvalue weighted by molar-refractivity contribution is -0.169. The summed E-state index contributed by atoms with van der Waals surface area (Å²) in [5.74, 6) is 1.26. The van der Waals surface area contributed by atoms with Crippen LogP contribution in [0.15, 0.2) is 21.1 Å². The van der Waals surface area contributed by atoms with Gasteiger partial charge < -0.3 is 18.9 Å². The predicted molar refractivity (Wildman–Crippen MR) is 113 cm³/mol. The minimum Gasteiger partial charge on any atom is -0.356 e. The van der Waals surface area contributed by atoms with Crippen LogP contribution in [0.3, 0.4) is 0 Å². The van der Waals surface area contributed by atoms with Gasteiger partial charge in [0.05, 0.1) is 29.9 Å². The highest BCUT2D eigenvalue weighted by atomic mass is 79.9. The molecule has 0 unspecified atom stereocenters. The molecule has 0 bridgehead atoms. The van der Waals surface area contributed by atoms with Crippen molar-refractivity contribution in [2.45, 2.75) is 32.5 Å². The number of aryl methyl sites for hydroxylation is 2. The van der Waals surface area contributed by atoms with Crippen molar-refractivity contribution in [2.24, 2.45) is 0 Å². The van der Waals surface area contributed by atoms with E-state index in [9.17, 15) is 5.26 Å². The molecule has 0 radical (unpaired) electrons. The molecule has 2 saturated heterocycles. The molecule has 3 aromatic rings. The summed E-state index contributed by atoms with van der Waals surface area (Å²) < 4.78 is 18.1. The summed E-state index contributed by atoms with van der Waals surface area (Å²) in [6.45, 7) is 6.51. The van der Waals surface area contributed by atoms with E-state index in [1.54, 1.807) is 13.0 Å². The Hall–Kier alpha value is -2.54. The lowest BCUT2D eigenvalue weighted by Gasteiger charge is -2.38. The van der Waals surface area contributed by atoms with Gasteiger partial charge in [-0.15, -0.1) is 0 Å². The Kier molecular flexibility index (Phi) is 4.73. The summed E-state index contributed by atoms with van der Waals surface area (Å²) >= 11 is 3.50. The molecule has 0 aliphatic carbocycles. The van der Waals surface area contributed by atoms with Crippen LogP contribution in [0.1, 0.15) is 29.8 Å². The van der Waals surface area contributed by atoms with Crippen LogP contribution in [0.2, 0.25) is 0 Å². The molecule has 1 aromatic carbocycles. The summed E-state index contributed by atoms with van der Waals surface area (Å²) in [5, 5.41) is 14.5. The highest BCUT2D eigenvalue weighted by molar-refractivity contribution is 9.10. The van der Waals surface area contributed by atoms with Gasteiger partial charge in [-0.05, 0) is 31.5 Å². The van der Waals surface area contributed by atoms with Gasteiger partial charge in [-0.1, -0.05) is 21.1 Å². The van der Waals surface area contributed by atoms with Crippen LogP contribution in [0.5, 0.6) is 0 Å². The Morgan fingerprint density at radius 2 is 1.87 bits per heavy atom. The first-order chi connectivity index (χ1) is 14.5. The fourth-order valence-corrected chi connectivity index (χ4v) is 4.74. The maximum atomic E-state index is 9.68. The van der Waals surface area contributed by atoms with Crippen LogP contribution in [-0.2, 0) is 9.47 Å². The number of nitrogens with zero attached hydrogens (tertiary/aromatic N) is 5. The molecule has 9 heteroatoms. The molecule has 2 fully saturated rings. The van der Waals surface area contributed by atoms with Crippen LogP contribution in [0.4, 0.5) is 5.82 Å². The van der Waals surface area contributed by atoms with Crippen molar-refractivity contribution < 1.29 is 14.0 Å². The van der Waals surface area contributed by atoms with Crippen LogP contribution in [-0.4, -0.2) is 47.2 Å². The number of piperidine rings is 1. The van der Waals surface area contributed by atoms with Gasteiger partial charge >= 0.3 is 0 Å². The normalized spacial score (nSPS) is 18.3. The number of rotatable bonds is 2. The van der Waals surface area contributed by atoms with Crippen LogP contribution < -0.4 is 4.90 Å². The van der Waals surface area contributed by atoms with Gasteiger partial charge in [0, 0.05) is 35.8 Å². The van der Waals surface area contributed by atoms with E-state index in [0.29, 0.717) is 36.0 Å². The van der Waals surface area contributed by atoms with E-state index < -0.39 is 5.79 Å². The molecular weight excluding hydrogens is 450 g/mol. The Morgan fingerprint density at radius 1 is 1.13 bits per heavy atom. The summed E-state index contributed by atoms with van der Waals surface area (Å²) in [5.41, 5.74) is 2.94. The molecule has 154 valence electrons. The number of ether oxygens (including phenoxy) is 2. The van der Waals surface area contributed by atoms with Crippen molar-refractivity contribution in [1.29, 1.82) is 5.26 Å². The summed E-state index contributed by atoms with van der Waals surface area (Å²) in [6.07, 6.45) is 1.50. The van der Waals surface area contributed by atoms with Gasteiger partial charge in [-0.3, -0.25) is 0 Å². The molecule has 30 heavy (non-hydrogen) atoms. The molecule has 0 atom stereocenters. The number of aromatic nitrogens is 3. The zero-order valence-electron chi connectivity index (χ0n) is 16.7. The van der Waals surface area contributed by atoms with E-state index >= 15 is 0 Å². The Bertz CT molecular complexity index is 1170. The van der Waals surface area contributed by atoms with Gasteiger partial charge in [0.15, 0.2) is 11.6 Å². The maximum Gasteiger partial charge on any atom is 0.261 e. The second kappa shape index (κ2) is 7.30. The first-order valence-corrected chi connectivity index (χ1v) is 10.7. The summed E-state index contributed by atoms with van der Waals surface area (Å²) in [7, 11) is 0. The number of hydrogen-bond donors (Lipinski definition) is 0. The predicted octanol–water partition coefficient (Wildman–Crippen LogP) is 3.88. The van der Waals surface area contributed by atoms with Crippen molar-refractivity contribution in [2.75, 3.05) is 31.2 Å².